The Kier molecular flexibility index (Phi) is 7.11. The van der Waals surface area contributed by atoms with E-state index in [4.69, 9.17) is 0 Å². The Hall–Kier alpha value is -0.590. The molecule has 0 aliphatic heterocycles. The van der Waals surface area contributed by atoms with E-state index < -0.39 is 0 Å². The van der Waals surface area contributed by atoms with Gasteiger partial charge in [-0.2, -0.15) is 0 Å². The predicted molar refractivity (Wildman–Crippen MR) is 48.6 cm³/mol. The SMILES string of the molecule is CCC/C=C/CCCC(C)=O. The van der Waals surface area contributed by atoms with Crippen molar-refractivity contribution in [2.45, 2.75) is 46.0 Å². The molecule has 0 bridgehead atoms. The molecule has 0 heterocycles. The van der Waals surface area contributed by atoms with Crippen molar-refractivity contribution in [3.63, 3.8) is 0 Å². The molecule has 1 nitrogen and oxygen atoms in total. The minimum Gasteiger partial charge on any atom is -0.300 e. The van der Waals surface area contributed by atoms with Gasteiger partial charge in [-0.1, -0.05) is 25.5 Å². The molecule has 0 aromatic carbocycles. The van der Waals surface area contributed by atoms with E-state index in [9.17, 15) is 4.79 Å². The molecular formula is C10H18O. The van der Waals surface area contributed by atoms with Gasteiger partial charge in [0.15, 0.2) is 0 Å². The number of carbonyl (C=O) groups excluding carboxylic acids is 1. The van der Waals surface area contributed by atoms with Gasteiger partial charge in [0.05, 0.1) is 0 Å². The van der Waals surface area contributed by atoms with Crippen molar-refractivity contribution in [1.29, 1.82) is 0 Å². The minimum atomic E-state index is 0.300. The van der Waals surface area contributed by atoms with Gasteiger partial charge in [-0.25, -0.2) is 0 Å². The van der Waals surface area contributed by atoms with Gasteiger partial charge in [0.1, 0.15) is 5.78 Å². The molecule has 11 heavy (non-hydrogen) atoms. The fourth-order valence-corrected chi connectivity index (χ4v) is 0.871. The summed E-state index contributed by atoms with van der Waals surface area (Å²) in [5.74, 6) is 0.300. The average Bonchev–Trinajstić information content (AvgIpc) is 1.96. The second-order valence-electron chi connectivity index (χ2n) is 2.85. The van der Waals surface area contributed by atoms with Crippen molar-refractivity contribution in [3.8, 4) is 0 Å². The molecule has 0 aliphatic rings. The summed E-state index contributed by atoms with van der Waals surface area (Å²) >= 11 is 0. The van der Waals surface area contributed by atoms with Crippen LogP contribution in [0.1, 0.15) is 46.0 Å². The highest BCUT2D eigenvalue weighted by Crippen LogP contribution is 1.98. The third-order valence-electron chi connectivity index (χ3n) is 1.52. The van der Waals surface area contributed by atoms with Crippen LogP contribution in [0.2, 0.25) is 0 Å². The monoisotopic (exact) mass is 154 g/mol. The number of ketones is 1. The van der Waals surface area contributed by atoms with E-state index in [0.717, 1.165) is 19.3 Å². The van der Waals surface area contributed by atoms with Crippen LogP contribution in [0.25, 0.3) is 0 Å². The van der Waals surface area contributed by atoms with E-state index in [1.165, 1.54) is 12.8 Å². The third kappa shape index (κ3) is 9.41. The maximum absolute atomic E-state index is 10.5. The second kappa shape index (κ2) is 7.52. The fourth-order valence-electron chi connectivity index (χ4n) is 0.871. The molecule has 0 saturated carbocycles. The normalized spacial score (nSPS) is 10.7. The van der Waals surface area contributed by atoms with Gasteiger partial charge in [-0.15, -0.1) is 0 Å². The predicted octanol–water partition coefficient (Wildman–Crippen LogP) is 3.10. The van der Waals surface area contributed by atoms with E-state index in [1.807, 2.05) is 0 Å². The molecule has 0 aliphatic carbocycles. The largest absolute Gasteiger partial charge is 0.300 e. The van der Waals surface area contributed by atoms with Crippen molar-refractivity contribution < 1.29 is 4.79 Å². The molecular weight excluding hydrogens is 136 g/mol. The maximum atomic E-state index is 10.5. The van der Waals surface area contributed by atoms with Gasteiger partial charge in [0.2, 0.25) is 0 Å². The van der Waals surface area contributed by atoms with Crippen molar-refractivity contribution >= 4 is 5.78 Å². The highest BCUT2D eigenvalue weighted by Gasteiger charge is 1.89. The van der Waals surface area contributed by atoms with Gasteiger partial charge in [0, 0.05) is 6.42 Å². The molecule has 0 rings (SSSR count). The third-order valence-corrected chi connectivity index (χ3v) is 1.52. The van der Waals surface area contributed by atoms with Crippen LogP contribution in [0, 0.1) is 0 Å². The lowest BCUT2D eigenvalue weighted by Gasteiger charge is -1.90. The van der Waals surface area contributed by atoms with Crippen LogP contribution < -0.4 is 0 Å². The molecule has 0 amide bonds. The smallest absolute Gasteiger partial charge is 0.129 e. The molecule has 64 valence electrons. The summed E-state index contributed by atoms with van der Waals surface area (Å²) in [6.07, 6.45) is 9.54. The molecule has 0 aromatic rings. The Bertz CT molecular complexity index is 125. The van der Waals surface area contributed by atoms with Gasteiger partial charge in [0.25, 0.3) is 0 Å². The Labute approximate surface area is 69.5 Å². The van der Waals surface area contributed by atoms with Gasteiger partial charge >= 0.3 is 0 Å². The van der Waals surface area contributed by atoms with Crippen molar-refractivity contribution in [2.24, 2.45) is 0 Å². The zero-order chi connectivity index (χ0) is 8.53. The van der Waals surface area contributed by atoms with E-state index >= 15 is 0 Å². The van der Waals surface area contributed by atoms with E-state index in [2.05, 4.69) is 19.1 Å². The topological polar surface area (TPSA) is 17.1 Å². The Morgan fingerprint density at radius 3 is 2.45 bits per heavy atom. The summed E-state index contributed by atoms with van der Waals surface area (Å²) in [6.45, 7) is 3.82. The minimum absolute atomic E-state index is 0.300. The summed E-state index contributed by atoms with van der Waals surface area (Å²) < 4.78 is 0. The van der Waals surface area contributed by atoms with Crippen molar-refractivity contribution in [3.05, 3.63) is 12.2 Å². The summed E-state index contributed by atoms with van der Waals surface area (Å²) in [4.78, 5) is 10.5. The Morgan fingerprint density at radius 1 is 1.27 bits per heavy atom. The lowest BCUT2D eigenvalue weighted by Crippen LogP contribution is -1.87. The number of unbranched alkanes of at least 4 members (excludes halogenated alkanes) is 2. The van der Waals surface area contributed by atoms with E-state index in [0.29, 0.717) is 5.78 Å². The number of hydrogen-bond acceptors (Lipinski definition) is 1. The molecule has 0 fully saturated rings. The van der Waals surface area contributed by atoms with Crippen LogP contribution >= 0.6 is 0 Å². The van der Waals surface area contributed by atoms with Crippen LogP contribution in [0.15, 0.2) is 12.2 Å². The molecule has 0 unspecified atom stereocenters. The lowest BCUT2D eigenvalue weighted by molar-refractivity contribution is -0.117. The van der Waals surface area contributed by atoms with Crippen LogP contribution in [-0.2, 0) is 4.79 Å². The van der Waals surface area contributed by atoms with Crippen LogP contribution in [0.3, 0.4) is 0 Å². The summed E-state index contributed by atoms with van der Waals surface area (Å²) in [6, 6.07) is 0. The van der Waals surface area contributed by atoms with Crippen LogP contribution in [-0.4, -0.2) is 5.78 Å². The summed E-state index contributed by atoms with van der Waals surface area (Å²) in [5.41, 5.74) is 0. The van der Waals surface area contributed by atoms with Gasteiger partial charge in [-0.3, -0.25) is 0 Å². The molecule has 0 saturated heterocycles. The maximum Gasteiger partial charge on any atom is 0.129 e. The van der Waals surface area contributed by atoms with Crippen LogP contribution in [0.5, 0.6) is 0 Å². The number of hydrogen-bond donors (Lipinski definition) is 0. The zero-order valence-electron chi connectivity index (χ0n) is 7.60. The Morgan fingerprint density at radius 2 is 1.91 bits per heavy atom. The second-order valence-corrected chi connectivity index (χ2v) is 2.85. The zero-order valence-corrected chi connectivity index (χ0v) is 7.60. The van der Waals surface area contributed by atoms with Crippen molar-refractivity contribution in [2.75, 3.05) is 0 Å². The number of carbonyl (C=O) groups is 1. The lowest BCUT2D eigenvalue weighted by atomic mass is 10.2. The van der Waals surface area contributed by atoms with E-state index in [1.54, 1.807) is 6.92 Å². The Balaban J connectivity index is 3.07. The first-order chi connectivity index (χ1) is 5.27. The van der Waals surface area contributed by atoms with Gasteiger partial charge < -0.3 is 4.79 Å². The number of allylic oxidation sites excluding steroid dienone is 2. The molecule has 1 heteroatoms. The number of rotatable bonds is 6. The molecule has 0 N–H and O–H groups in total. The first kappa shape index (κ1) is 10.4. The average molecular weight is 154 g/mol. The van der Waals surface area contributed by atoms with E-state index in [-0.39, 0.29) is 0 Å². The first-order valence-corrected chi connectivity index (χ1v) is 4.41. The van der Waals surface area contributed by atoms with Crippen molar-refractivity contribution in [1.82, 2.24) is 0 Å². The first-order valence-electron chi connectivity index (χ1n) is 4.41. The standard InChI is InChI=1S/C10H18O/c1-3-4-5-6-7-8-9-10(2)11/h5-6H,3-4,7-9H2,1-2H3/b6-5+. The fraction of sp³-hybridized carbons (Fsp3) is 0.700. The summed E-state index contributed by atoms with van der Waals surface area (Å²) in [7, 11) is 0. The molecule has 0 spiro atoms. The number of Topliss-reactive ketones (excluding diaryl/α,β-unsaturated/α-hetero) is 1. The highest BCUT2D eigenvalue weighted by molar-refractivity contribution is 5.75. The quantitative estimate of drug-likeness (QED) is 0.424. The summed E-state index contributed by atoms with van der Waals surface area (Å²) in [5, 5.41) is 0. The highest BCUT2D eigenvalue weighted by atomic mass is 16.1. The molecule has 0 atom stereocenters. The van der Waals surface area contributed by atoms with Gasteiger partial charge in [-0.05, 0) is 26.2 Å². The molecule has 0 aromatic heterocycles. The van der Waals surface area contributed by atoms with Crippen LogP contribution in [0.4, 0.5) is 0 Å². The molecule has 0 radical (unpaired) electrons.